The average molecular weight is 505 g/mol. The molecule has 0 radical (unpaired) electrons. The van der Waals surface area contributed by atoms with Gasteiger partial charge in [-0.05, 0) is 37.1 Å². The molecule has 35 heavy (non-hydrogen) atoms. The number of para-hydroxylation sites is 1. The van der Waals surface area contributed by atoms with Crippen molar-refractivity contribution in [3.05, 3.63) is 76.0 Å². The Balaban J connectivity index is 1.32. The van der Waals surface area contributed by atoms with E-state index in [1.165, 1.54) is 23.5 Å². The molecule has 0 unspecified atom stereocenters. The largest absolute Gasteiger partial charge is 0.483 e. The molecule has 0 aliphatic heterocycles. The van der Waals surface area contributed by atoms with Gasteiger partial charge in [0.05, 0.1) is 11.7 Å². The van der Waals surface area contributed by atoms with E-state index in [-0.39, 0.29) is 35.8 Å². The smallest absolute Gasteiger partial charge is 0.319 e. The van der Waals surface area contributed by atoms with Crippen LogP contribution in [0.2, 0.25) is 0 Å². The van der Waals surface area contributed by atoms with Gasteiger partial charge in [0.2, 0.25) is 0 Å². The fourth-order valence-corrected chi connectivity index (χ4v) is 4.50. The number of amides is 3. The molecule has 2 atom stereocenters. The Morgan fingerprint density at radius 2 is 1.74 bits per heavy atom. The number of carbonyl (C=O) groups is 2. The summed E-state index contributed by atoms with van der Waals surface area (Å²) in [7, 11) is 0. The predicted molar refractivity (Wildman–Crippen MR) is 125 cm³/mol. The van der Waals surface area contributed by atoms with E-state index in [1.54, 1.807) is 17.5 Å². The van der Waals surface area contributed by atoms with Crippen LogP contribution < -0.4 is 20.7 Å². The van der Waals surface area contributed by atoms with E-state index in [2.05, 4.69) is 20.9 Å². The van der Waals surface area contributed by atoms with Gasteiger partial charge in [0.25, 0.3) is 5.91 Å². The van der Waals surface area contributed by atoms with Crippen molar-refractivity contribution in [3.8, 4) is 5.75 Å². The van der Waals surface area contributed by atoms with Crippen molar-refractivity contribution >= 4 is 29.0 Å². The molecule has 11 heteroatoms. The lowest BCUT2D eigenvalue weighted by Gasteiger charge is -2.32. The third-order valence-electron chi connectivity index (χ3n) is 5.55. The average Bonchev–Trinajstić information content (AvgIpc) is 3.31. The van der Waals surface area contributed by atoms with Gasteiger partial charge in [-0.2, -0.15) is 0 Å². The highest BCUT2D eigenvalue weighted by molar-refractivity contribution is 7.09. The lowest BCUT2D eigenvalue weighted by molar-refractivity contribution is 0.0911. The number of thiazole rings is 1. The minimum Gasteiger partial charge on any atom is -0.483 e. The van der Waals surface area contributed by atoms with Crippen molar-refractivity contribution in [1.82, 2.24) is 15.6 Å². The number of ether oxygens (including phenoxy) is 1. The Bertz CT molecular complexity index is 1210. The number of hydrogen-bond acceptors (Lipinski definition) is 5. The number of nitrogens with zero attached hydrogens (tertiary/aromatic N) is 1. The summed E-state index contributed by atoms with van der Waals surface area (Å²) >= 11 is 1.22. The van der Waals surface area contributed by atoms with Crippen LogP contribution in [-0.4, -0.2) is 29.0 Å². The zero-order chi connectivity index (χ0) is 24.8. The van der Waals surface area contributed by atoms with Crippen molar-refractivity contribution in [2.45, 2.75) is 44.4 Å². The van der Waals surface area contributed by atoms with E-state index in [9.17, 15) is 22.8 Å². The molecular weight excluding hydrogens is 481 g/mol. The third kappa shape index (κ3) is 6.50. The van der Waals surface area contributed by atoms with Gasteiger partial charge in [-0.15, -0.1) is 11.3 Å². The number of nitrogens with one attached hydrogen (secondary N) is 3. The molecule has 1 aromatic heterocycles. The molecule has 3 N–H and O–H groups in total. The maximum absolute atomic E-state index is 13.8. The van der Waals surface area contributed by atoms with E-state index < -0.39 is 29.4 Å². The molecule has 0 bridgehead atoms. The molecule has 184 valence electrons. The van der Waals surface area contributed by atoms with E-state index in [0.29, 0.717) is 23.9 Å². The third-order valence-corrected chi connectivity index (χ3v) is 6.37. The van der Waals surface area contributed by atoms with Gasteiger partial charge in [-0.1, -0.05) is 25.0 Å². The molecule has 0 saturated heterocycles. The van der Waals surface area contributed by atoms with E-state index in [1.807, 2.05) is 0 Å². The van der Waals surface area contributed by atoms with Gasteiger partial charge in [-0.3, -0.25) is 4.79 Å². The number of carbonyl (C=O) groups excluding carboxylic acids is 2. The van der Waals surface area contributed by atoms with Gasteiger partial charge in [0, 0.05) is 17.5 Å². The summed E-state index contributed by atoms with van der Waals surface area (Å²) in [5.74, 6) is -2.41. The number of rotatable bonds is 7. The summed E-state index contributed by atoms with van der Waals surface area (Å²) in [5, 5.41) is 10.1. The summed E-state index contributed by atoms with van der Waals surface area (Å²) in [6.45, 7) is 0.0204. The molecule has 1 heterocycles. The highest BCUT2D eigenvalue weighted by atomic mass is 32.1. The van der Waals surface area contributed by atoms with Crippen molar-refractivity contribution in [3.63, 3.8) is 0 Å². The van der Waals surface area contributed by atoms with Crippen LogP contribution in [0, 0.1) is 17.5 Å². The Hall–Kier alpha value is -3.60. The second-order valence-corrected chi connectivity index (χ2v) is 8.98. The molecule has 0 spiro atoms. The molecule has 3 aromatic rings. The quantitative estimate of drug-likeness (QED) is 0.422. The fourth-order valence-electron chi connectivity index (χ4n) is 3.82. The van der Waals surface area contributed by atoms with Crippen LogP contribution in [0.1, 0.15) is 41.2 Å². The topological polar surface area (TPSA) is 92.4 Å². The highest BCUT2D eigenvalue weighted by Crippen LogP contribution is 2.22. The predicted octanol–water partition coefficient (Wildman–Crippen LogP) is 5.00. The molecule has 1 aliphatic carbocycles. The first-order valence-electron chi connectivity index (χ1n) is 11.0. The number of anilines is 1. The first-order chi connectivity index (χ1) is 16.9. The lowest BCUT2D eigenvalue weighted by atomic mass is 9.90. The molecule has 1 fully saturated rings. The Morgan fingerprint density at radius 1 is 1.00 bits per heavy atom. The first-order valence-corrected chi connectivity index (χ1v) is 11.9. The molecule has 1 aliphatic rings. The highest BCUT2D eigenvalue weighted by Gasteiger charge is 2.29. The number of halogens is 3. The zero-order valence-electron chi connectivity index (χ0n) is 18.5. The number of benzene rings is 2. The molecular formula is C24H23F3N4O3S. The summed E-state index contributed by atoms with van der Waals surface area (Å²) in [6, 6.07) is 7.51. The number of urea groups is 1. The molecule has 4 rings (SSSR count). The van der Waals surface area contributed by atoms with Gasteiger partial charge in [0.15, 0.2) is 11.6 Å². The van der Waals surface area contributed by atoms with Crippen LogP contribution in [0.4, 0.5) is 23.7 Å². The standard InChI is InChI=1S/C24H23F3N4O3S/c25-14-9-10-17(16(27)11-14)30-24(33)31-19-7-3-2-6-18(19)29-23(32)20-13-35-22(28-20)12-34-21-8-4-1-5-15(21)26/h1,4-5,8-11,13,18-19H,2-3,6-7,12H2,(H,29,32)(H2,30,31,33)/t18-,19+/m0/s1. The number of hydrogen-bond donors (Lipinski definition) is 3. The van der Waals surface area contributed by atoms with Crippen LogP contribution in [0.5, 0.6) is 5.75 Å². The van der Waals surface area contributed by atoms with Crippen LogP contribution in [0.25, 0.3) is 0 Å². The van der Waals surface area contributed by atoms with Crippen molar-refractivity contribution in [2.75, 3.05) is 5.32 Å². The van der Waals surface area contributed by atoms with Crippen molar-refractivity contribution in [2.24, 2.45) is 0 Å². The molecule has 1 saturated carbocycles. The van der Waals surface area contributed by atoms with Gasteiger partial charge in [-0.25, -0.2) is 22.9 Å². The monoisotopic (exact) mass is 504 g/mol. The maximum Gasteiger partial charge on any atom is 0.319 e. The van der Waals surface area contributed by atoms with Gasteiger partial charge >= 0.3 is 6.03 Å². The molecule has 7 nitrogen and oxygen atoms in total. The van der Waals surface area contributed by atoms with Crippen LogP contribution in [0.15, 0.2) is 47.8 Å². The van der Waals surface area contributed by atoms with Gasteiger partial charge in [0.1, 0.15) is 28.9 Å². The van der Waals surface area contributed by atoms with Crippen LogP contribution in [-0.2, 0) is 6.61 Å². The lowest BCUT2D eigenvalue weighted by Crippen LogP contribution is -2.54. The van der Waals surface area contributed by atoms with E-state index in [0.717, 1.165) is 25.0 Å². The SMILES string of the molecule is O=C(Nc1ccc(F)cc1F)N[C@@H]1CCCC[C@@H]1NC(=O)c1csc(COc2ccccc2F)n1. The second kappa shape index (κ2) is 11.2. The minimum absolute atomic E-state index is 0.0204. The zero-order valence-corrected chi connectivity index (χ0v) is 19.3. The normalized spacial score (nSPS) is 17.5. The van der Waals surface area contributed by atoms with E-state index in [4.69, 9.17) is 4.74 Å². The van der Waals surface area contributed by atoms with Crippen molar-refractivity contribution < 1.29 is 27.5 Å². The summed E-state index contributed by atoms with van der Waals surface area (Å²) in [4.78, 5) is 29.4. The summed E-state index contributed by atoms with van der Waals surface area (Å²) in [5.41, 5.74) is 0.0530. The maximum atomic E-state index is 13.8. The Kier molecular flexibility index (Phi) is 7.86. The summed E-state index contributed by atoms with van der Waals surface area (Å²) < 4.78 is 46.0. The minimum atomic E-state index is -0.882. The van der Waals surface area contributed by atoms with E-state index >= 15 is 0 Å². The molecule has 2 aromatic carbocycles. The Labute approximate surface area is 203 Å². The van der Waals surface area contributed by atoms with Crippen LogP contribution >= 0.6 is 11.3 Å². The Morgan fingerprint density at radius 3 is 2.49 bits per heavy atom. The van der Waals surface area contributed by atoms with Gasteiger partial charge < -0.3 is 20.7 Å². The number of aromatic nitrogens is 1. The summed E-state index contributed by atoms with van der Waals surface area (Å²) in [6.07, 6.45) is 3.00. The second-order valence-electron chi connectivity index (χ2n) is 8.04. The van der Waals surface area contributed by atoms with Crippen molar-refractivity contribution in [1.29, 1.82) is 0 Å². The molecule has 3 amide bonds. The first kappa shape index (κ1) is 24.5. The fraction of sp³-hybridized carbons (Fsp3) is 0.292. The van der Waals surface area contributed by atoms with Crippen LogP contribution in [0.3, 0.4) is 0 Å².